The first-order chi connectivity index (χ1) is 7.85. The molecule has 2 nitrogen and oxygen atoms in total. The monoisotopic (exact) mass is 277 g/mol. The highest BCUT2D eigenvalue weighted by molar-refractivity contribution is 9.09. The molecule has 2 aromatic carbocycles. The van der Waals surface area contributed by atoms with E-state index in [9.17, 15) is 0 Å². The number of rotatable bonds is 3. The Balaban J connectivity index is 2.50. The fraction of sp³-hybridized carbons (Fsp3) is 0.154. The number of hydrogen-bond donors (Lipinski definition) is 0. The molecule has 0 bridgehead atoms. The van der Waals surface area contributed by atoms with Gasteiger partial charge in [0.25, 0.3) is 0 Å². The number of nitrogens with zero attached hydrogens (tertiary/aromatic N) is 1. The van der Waals surface area contributed by atoms with Crippen molar-refractivity contribution in [3.8, 4) is 0 Å². The fourth-order valence-corrected chi connectivity index (χ4v) is 2.06. The Morgan fingerprint density at radius 2 is 1.94 bits per heavy atom. The molecule has 16 heavy (non-hydrogen) atoms. The number of halogens is 1. The molecule has 0 aromatic heterocycles. The first-order valence-corrected chi connectivity index (χ1v) is 6.12. The number of hydrogen-bond acceptors (Lipinski definition) is 2. The van der Waals surface area contributed by atoms with Gasteiger partial charge in [0.1, 0.15) is 7.11 Å². The topological polar surface area (TPSA) is 21.6 Å². The molecule has 0 fully saturated rings. The zero-order valence-corrected chi connectivity index (χ0v) is 10.6. The summed E-state index contributed by atoms with van der Waals surface area (Å²) in [6.07, 6.45) is 0. The van der Waals surface area contributed by atoms with Crippen molar-refractivity contribution in [3.05, 3.63) is 48.0 Å². The molecule has 82 valence electrons. The normalized spacial score (nSPS) is 11.8. The molecule has 0 spiro atoms. The summed E-state index contributed by atoms with van der Waals surface area (Å²) in [5.74, 6) is 0. The molecule has 3 heteroatoms. The number of oxime groups is 1. The van der Waals surface area contributed by atoms with Crippen LogP contribution in [-0.2, 0) is 4.84 Å². The highest BCUT2D eigenvalue weighted by atomic mass is 79.9. The average molecular weight is 278 g/mol. The van der Waals surface area contributed by atoms with Crippen LogP contribution in [0.1, 0.15) is 5.56 Å². The Kier molecular flexibility index (Phi) is 3.57. The van der Waals surface area contributed by atoms with E-state index in [0.29, 0.717) is 5.33 Å². The second kappa shape index (κ2) is 5.12. The first-order valence-electron chi connectivity index (χ1n) is 5.00. The van der Waals surface area contributed by atoms with Crippen LogP contribution in [0.5, 0.6) is 0 Å². The summed E-state index contributed by atoms with van der Waals surface area (Å²) in [6, 6.07) is 14.5. The molecule has 0 unspecified atom stereocenters. The Bertz CT molecular complexity index is 522. The summed E-state index contributed by atoms with van der Waals surface area (Å²) in [7, 11) is 1.56. The van der Waals surface area contributed by atoms with Crippen molar-refractivity contribution in [3.63, 3.8) is 0 Å². The molecule has 2 rings (SSSR count). The molecule has 0 aliphatic heterocycles. The van der Waals surface area contributed by atoms with E-state index < -0.39 is 0 Å². The molecule has 0 atom stereocenters. The second-order valence-corrected chi connectivity index (χ2v) is 3.98. The van der Waals surface area contributed by atoms with Gasteiger partial charge in [0.15, 0.2) is 0 Å². The minimum Gasteiger partial charge on any atom is -0.399 e. The zero-order valence-electron chi connectivity index (χ0n) is 8.98. The molecule has 0 N–H and O–H groups in total. The van der Waals surface area contributed by atoms with Gasteiger partial charge in [-0.3, -0.25) is 0 Å². The zero-order chi connectivity index (χ0) is 11.4. The van der Waals surface area contributed by atoms with E-state index in [-0.39, 0.29) is 0 Å². The van der Waals surface area contributed by atoms with Crippen LogP contribution < -0.4 is 0 Å². The lowest BCUT2D eigenvalue weighted by Gasteiger charge is -2.04. The maximum absolute atomic E-state index is 4.82. The highest BCUT2D eigenvalue weighted by Crippen LogP contribution is 2.16. The molecule has 0 radical (unpaired) electrons. The van der Waals surface area contributed by atoms with Gasteiger partial charge in [0.05, 0.1) is 5.71 Å². The molecular weight excluding hydrogens is 266 g/mol. The van der Waals surface area contributed by atoms with Gasteiger partial charge in [0, 0.05) is 10.9 Å². The van der Waals surface area contributed by atoms with Crippen LogP contribution in [0, 0.1) is 0 Å². The summed E-state index contributed by atoms with van der Waals surface area (Å²) in [6.45, 7) is 0. The maximum atomic E-state index is 4.82. The van der Waals surface area contributed by atoms with Crippen LogP contribution in [0.2, 0.25) is 0 Å². The van der Waals surface area contributed by atoms with Gasteiger partial charge in [-0.05, 0) is 16.8 Å². The van der Waals surface area contributed by atoms with Crippen LogP contribution in [0.15, 0.2) is 47.6 Å². The van der Waals surface area contributed by atoms with Crippen molar-refractivity contribution in [1.82, 2.24) is 0 Å². The van der Waals surface area contributed by atoms with Crippen LogP contribution in [0.3, 0.4) is 0 Å². The van der Waals surface area contributed by atoms with Gasteiger partial charge in [-0.2, -0.15) is 0 Å². The number of benzene rings is 2. The lowest BCUT2D eigenvalue weighted by atomic mass is 10.0. The van der Waals surface area contributed by atoms with E-state index in [0.717, 1.165) is 11.3 Å². The SMILES string of the molecule is CON=C(CBr)c1ccc2ccccc2c1. The van der Waals surface area contributed by atoms with E-state index in [1.165, 1.54) is 10.8 Å². The third kappa shape index (κ3) is 2.25. The second-order valence-electron chi connectivity index (χ2n) is 3.42. The quantitative estimate of drug-likeness (QED) is 0.477. The lowest BCUT2D eigenvalue weighted by Crippen LogP contribution is -2.02. The van der Waals surface area contributed by atoms with Crippen molar-refractivity contribution >= 4 is 32.4 Å². The van der Waals surface area contributed by atoms with E-state index in [1.54, 1.807) is 7.11 Å². The van der Waals surface area contributed by atoms with Crippen LogP contribution in [0.25, 0.3) is 10.8 Å². The molecule has 0 saturated carbocycles. The minimum atomic E-state index is 0.680. The third-order valence-electron chi connectivity index (χ3n) is 2.41. The molecule has 0 saturated heterocycles. The van der Waals surface area contributed by atoms with E-state index in [4.69, 9.17) is 4.84 Å². The highest BCUT2D eigenvalue weighted by Gasteiger charge is 2.03. The van der Waals surface area contributed by atoms with E-state index in [1.807, 2.05) is 12.1 Å². The lowest BCUT2D eigenvalue weighted by molar-refractivity contribution is 0.213. The maximum Gasteiger partial charge on any atom is 0.106 e. The minimum absolute atomic E-state index is 0.680. The van der Waals surface area contributed by atoms with Crippen molar-refractivity contribution in [1.29, 1.82) is 0 Å². The predicted octanol–water partition coefficient (Wildman–Crippen LogP) is 3.59. The Morgan fingerprint density at radius 1 is 1.19 bits per heavy atom. The fourth-order valence-electron chi connectivity index (χ4n) is 1.63. The Morgan fingerprint density at radius 3 is 2.62 bits per heavy atom. The summed E-state index contributed by atoms with van der Waals surface area (Å²) in [5, 5.41) is 7.12. The number of alkyl halides is 1. The Hall–Kier alpha value is -1.35. The largest absolute Gasteiger partial charge is 0.399 e. The molecule has 0 aliphatic rings. The van der Waals surface area contributed by atoms with Crippen LogP contribution in [-0.4, -0.2) is 18.2 Å². The van der Waals surface area contributed by atoms with Crippen molar-refractivity contribution in [2.45, 2.75) is 0 Å². The third-order valence-corrected chi connectivity index (χ3v) is 2.94. The molecule has 0 amide bonds. The van der Waals surface area contributed by atoms with Crippen molar-refractivity contribution in [2.75, 3.05) is 12.4 Å². The number of fused-ring (bicyclic) bond motifs is 1. The van der Waals surface area contributed by atoms with Gasteiger partial charge in [-0.15, -0.1) is 0 Å². The van der Waals surface area contributed by atoms with Gasteiger partial charge >= 0.3 is 0 Å². The molecule has 2 aromatic rings. The van der Waals surface area contributed by atoms with Crippen molar-refractivity contribution < 1.29 is 4.84 Å². The molecular formula is C13H12BrNO. The van der Waals surface area contributed by atoms with Gasteiger partial charge in [0.2, 0.25) is 0 Å². The standard InChI is InChI=1S/C13H12BrNO/c1-16-15-13(9-14)12-7-6-10-4-2-3-5-11(10)8-12/h2-8H,9H2,1H3. The van der Waals surface area contributed by atoms with Gasteiger partial charge in [-0.25, -0.2) is 0 Å². The summed E-state index contributed by atoms with van der Waals surface area (Å²) >= 11 is 3.41. The predicted molar refractivity (Wildman–Crippen MR) is 71.3 cm³/mol. The van der Waals surface area contributed by atoms with Gasteiger partial charge in [-0.1, -0.05) is 57.5 Å². The average Bonchev–Trinajstić information content (AvgIpc) is 2.35. The van der Waals surface area contributed by atoms with E-state index in [2.05, 4.69) is 51.4 Å². The van der Waals surface area contributed by atoms with Gasteiger partial charge < -0.3 is 4.84 Å². The summed E-state index contributed by atoms with van der Waals surface area (Å²) in [5.41, 5.74) is 1.98. The van der Waals surface area contributed by atoms with E-state index >= 15 is 0 Å². The van der Waals surface area contributed by atoms with Crippen LogP contribution >= 0.6 is 15.9 Å². The Labute approximate surface area is 103 Å². The molecule has 0 heterocycles. The first kappa shape index (κ1) is 11.1. The van der Waals surface area contributed by atoms with Crippen LogP contribution in [0.4, 0.5) is 0 Å². The molecule has 0 aliphatic carbocycles. The summed E-state index contributed by atoms with van der Waals surface area (Å²) < 4.78 is 0. The van der Waals surface area contributed by atoms with Crippen molar-refractivity contribution in [2.24, 2.45) is 5.16 Å². The smallest absolute Gasteiger partial charge is 0.106 e. The summed E-state index contributed by atoms with van der Waals surface area (Å²) in [4.78, 5) is 4.82.